The fourth-order valence-electron chi connectivity index (χ4n) is 4.31. The number of sulfonamides is 1. The Morgan fingerprint density at radius 1 is 1.00 bits per heavy atom. The molecule has 0 radical (unpaired) electrons. The van der Waals surface area contributed by atoms with Gasteiger partial charge < -0.3 is 15.0 Å². The first-order chi connectivity index (χ1) is 21.1. The van der Waals surface area contributed by atoms with Crippen molar-refractivity contribution in [3.63, 3.8) is 0 Å². The summed E-state index contributed by atoms with van der Waals surface area (Å²) in [6.07, 6.45) is 0. The van der Waals surface area contributed by atoms with E-state index in [9.17, 15) is 28.1 Å². The lowest BCUT2D eigenvalue weighted by molar-refractivity contribution is -0.385. The van der Waals surface area contributed by atoms with Crippen LogP contribution in [0.15, 0.2) is 59.5 Å². The van der Waals surface area contributed by atoms with Crippen molar-refractivity contribution in [2.75, 3.05) is 24.5 Å². The van der Waals surface area contributed by atoms with Crippen LogP contribution in [0.2, 0.25) is 15.1 Å². The number of carbonyl (C=O) groups excluding carboxylic acids is 2. The molecule has 0 heterocycles. The molecule has 242 valence electrons. The zero-order valence-electron chi connectivity index (χ0n) is 25.2. The largest absolute Gasteiger partial charge is 0.495 e. The van der Waals surface area contributed by atoms with Crippen LogP contribution in [0.4, 0.5) is 11.4 Å². The first-order valence-electron chi connectivity index (χ1n) is 13.7. The number of amides is 2. The van der Waals surface area contributed by atoms with Crippen LogP contribution in [0.1, 0.15) is 31.9 Å². The third-order valence-corrected chi connectivity index (χ3v) is 9.44. The van der Waals surface area contributed by atoms with E-state index in [0.29, 0.717) is 17.1 Å². The normalized spacial score (nSPS) is 12.0. The number of nitro groups is 1. The monoisotopic (exact) mass is 698 g/mol. The van der Waals surface area contributed by atoms with E-state index in [1.165, 1.54) is 62.3 Å². The predicted octanol–water partition coefficient (Wildman–Crippen LogP) is 6.26. The van der Waals surface area contributed by atoms with Gasteiger partial charge in [0.05, 0.1) is 22.6 Å². The number of methoxy groups -OCH3 is 1. The average molecular weight is 700 g/mol. The molecule has 1 atom stereocenters. The van der Waals surface area contributed by atoms with Crippen molar-refractivity contribution in [3.05, 3.63) is 90.9 Å². The highest BCUT2D eigenvalue weighted by atomic mass is 35.5. The molecule has 3 rings (SSSR count). The predicted molar refractivity (Wildman–Crippen MR) is 175 cm³/mol. The van der Waals surface area contributed by atoms with Gasteiger partial charge in [-0.1, -0.05) is 60.8 Å². The summed E-state index contributed by atoms with van der Waals surface area (Å²) in [4.78, 5) is 39.1. The number of carbonyl (C=O) groups is 2. The summed E-state index contributed by atoms with van der Waals surface area (Å²) in [6, 6.07) is 11.2. The Kier molecular flexibility index (Phi) is 12.1. The number of nitro benzene ring substituents is 1. The van der Waals surface area contributed by atoms with Gasteiger partial charge in [0.15, 0.2) is 0 Å². The highest BCUT2D eigenvalue weighted by molar-refractivity contribution is 7.92. The molecule has 1 N–H and O–H groups in total. The Morgan fingerprint density at radius 2 is 1.64 bits per heavy atom. The molecule has 11 nitrogen and oxygen atoms in total. The zero-order chi connectivity index (χ0) is 33.6. The Labute approximate surface area is 277 Å². The first kappa shape index (κ1) is 35.9. The molecule has 15 heteroatoms. The number of hydrogen-bond acceptors (Lipinski definition) is 7. The third kappa shape index (κ3) is 8.78. The van der Waals surface area contributed by atoms with Gasteiger partial charge >= 0.3 is 0 Å². The number of benzene rings is 3. The molecule has 45 heavy (non-hydrogen) atoms. The number of halogens is 3. The van der Waals surface area contributed by atoms with Crippen molar-refractivity contribution in [1.29, 1.82) is 0 Å². The number of aryl methyl sites for hydroxylation is 1. The zero-order valence-corrected chi connectivity index (χ0v) is 28.3. The summed E-state index contributed by atoms with van der Waals surface area (Å²) in [6.45, 7) is 6.17. The Hall–Kier alpha value is -3.58. The number of nitrogens with one attached hydrogen (secondary N) is 1. The third-order valence-electron chi connectivity index (χ3n) is 6.86. The Balaban J connectivity index is 2.17. The van der Waals surface area contributed by atoms with E-state index in [2.05, 4.69) is 5.32 Å². The molecule has 3 aromatic rings. The van der Waals surface area contributed by atoms with Crippen molar-refractivity contribution >= 4 is 68.0 Å². The van der Waals surface area contributed by atoms with E-state index in [1.807, 2.05) is 13.8 Å². The van der Waals surface area contributed by atoms with Crippen molar-refractivity contribution in [3.8, 4) is 5.75 Å². The van der Waals surface area contributed by atoms with Gasteiger partial charge in [-0.25, -0.2) is 8.42 Å². The lowest BCUT2D eigenvalue weighted by atomic mass is 10.1. The van der Waals surface area contributed by atoms with Crippen LogP contribution in [-0.2, 0) is 26.2 Å². The summed E-state index contributed by atoms with van der Waals surface area (Å²) >= 11 is 18.7. The lowest BCUT2D eigenvalue weighted by Crippen LogP contribution is -2.51. The van der Waals surface area contributed by atoms with E-state index >= 15 is 0 Å². The maximum atomic E-state index is 14.2. The smallest absolute Gasteiger partial charge is 0.273 e. The Bertz CT molecular complexity index is 1700. The highest BCUT2D eigenvalue weighted by Gasteiger charge is 2.35. The van der Waals surface area contributed by atoms with Crippen LogP contribution in [0.3, 0.4) is 0 Å². The SMILES string of the molecule is COc1ccc(Cl)cc1N(CC(=O)N(Cc1ccc(Cl)cc1Cl)[C@H](C)C(=O)NCC(C)C)S(=O)(=O)c1ccc(C)c([N+](=O)[O-])c1. The quantitative estimate of drug-likeness (QED) is 0.164. The molecule has 0 aliphatic rings. The summed E-state index contributed by atoms with van der Waals surface area (Å²) in [7, 11) is -3.35. The summed E-state index contributed by atoms with van der Waals surface area (Å²) < 4.78 is 34.6. The number of anilines is 1. The van der Waals surface area contributed by atoms with Crippen LogP contribution in [0.25, 0.3) is 0 Å². The van der Waals surface area contributed by atoms with Gasteiger partial charge in [0.25, 0.3) is 15.7 Å². The van der Waals surface area contributed by atoms with Crippen molar-refractivity contribution < 1.29 is 27.7 Å². The van der Waals surface area contributed by atoms with Gasteiger partial charge in [-0.2, -0.15) is 0 Å². The fraction of sp³-hybridized carbons (Fsp3) is 0.333. The van der Waals surface area contributed by atoms with Gasteiger partial charge in [-0.05, 0) is 61.7 Å². The van der Waals surface area contributed by atoms with Crippen LogP contribution in [-0.4, -0.2) is 56.3 Å². The molecule has 3 aromatic carbocycles. The molecule has 0 aliphatic heterocycles. The minimum absolute atomic E-state index is 0.0624. The summed E-state index contributed by atoms with van der Waals surface area (Å²) in [5, 5.41) is 15.2. The fourth-order valence-corrected chi connectivity index (χ4v) is 6.39. The maximum Gasteiger partial charge on any atom is 0.273 e. The summed E-state index contributed by atoms with van der Waals surface area (Å²) in [5.41, 5.74) is 0.189. The highest BCUT2D eigenvalue weighted by Crippen LogP contribution is 2.36. The molecule has 0 aliphatic carbocycles. The first-order valence-corrected chi connectivity index (χ1v) is 16.3. The number of hydrogen-bond donors (Lipinski definition) is 1. The van der Waals surface area contributed by atoms with Gasteiger partial charge in [0.1, 0.15) is 18.3 Å². The van der Waals surface area contributed by atoms with Crippen LogP contribution in [0, 0.1) is 23.0 Å². The number of nitrogens with zero attached hydrogens (tertiary/aromatic N) is 3. The minimum Gasteiger partial charge on any atom is -0.495 e. The van der Waals surface area contributed by atoms with Crippen molar-refractivity contribution in [1.82, 2.24) is 10.2 Å². The number of rotatable bonds is 13. The van der Waals surface area contributed by atoms with Gasteiger partial charge in [-0.15, -0.1) is 0 Å². The van der Waals surface area contributed by atoms with Crippen LogP contribution in [0.5, 0.6) is 5.75 Å². The average Bonchev–Trinajstić information content (AvgIpc) is 2.97. The summed E-state index contributed by atoms with van der Waals surface area (Å²) in [5.74, 6) is -1.05. The Morgan fingerprint density at radius 3 is 2.24 bits per heavy atom. The molecular formula is C30H33Cl3N4O7S. The van der Waals surface area contributed by atoms with Crippen molar-refractivity contribution in [2.45, 2.75) is 45.2 Å². The topological polar surface area (TPSA) is 139 Å². The molecule has 2 amide bonds. The van der Waals surface area contributed by atoms with Crippen LogP contribution >= 0.6 is 34.8 Å². The molecule has 0 saturated carbocycles. The van der Waals surface area contributed by atoms with E-state index in [4.69, 9.17) is 39.5 Å². The lowest BCUT2D eigenvalue weighted by Gasteiger charge is -2.32. The van der Waals surface area contributed by atoms with Crippen molar-refractivity contribution in [2.24, 2.45) is 5.92 Å². The molecule has 0 fully saturated rings. The van der Waals surface area contributed by atoms with E-state index in [1.54, 1.807) is 12.1 Å². The van der Waals surface area contributed by atoms with Gasteiger partial charge in [0.2, 0.25) is 11.8 Å². The van der Waals surface area contributed by atoms with E-state index < -0.39 is 49.9 Å². The van der Waals surface area contributed by atoms with Gasteiger partial charge in [-0.3, -0.25) is 24.0 Å². The van der Waals surface area contributed by atoms with E-state index in [0.717, 1.165) is 10.4 Å². The molecule has 0 unspecified atom stereocenters. The number of ether oxygens (including phenoxy) is 1. The molecule has 0 spiro atoms. The standard InChI is InChI=1S/C30H33Cl3N4O7S/c1-18(2)15-34-30(39)20(4)35(16-21-7-8-22(31)12-25(21)33)29(38)17-36(27-13-23(32)9-11-28(27)44-5)45(42,43)24-10-6-19(3)26(14-24)37(40)41/h6-14,18,20H,15-17H2,1-5H3,(H,34,39)/t20-/m1/s1. The maximum absolute atomic E-state index is 14.2. The molecule has 0 bridgehead atoms. The van der Waals surface area contributed by atoms with E-state index in [-0.39, 0.29) is 39.5 Å². The molecule has 0 saturated heterocycles. The van der Waals surface area contributed by atoms with Gasteiger partial charge in [0, 0.05) is 39.8 Å². The molecule has 0 aromatic heterocycles. The second kappa shape index (κ2) is 15.1. The van der Waals surface area contributed by atoms with Crippen LogP contribution < -0.4 is 14.4 Å². The molecular weight excluding hydrogens is 667 g/mol. The second-order valence-corrected chi connectivity index (χ2v) is 13.7. The minimum atomic E-state index is -4.66. The second-order valence-electron chi connectivity index (χ2n) is 10.6.